The zero-order chi connectivity index (χ0) is 13.8. The van der Waals surface area contributed by atoms with Crippen LogP contribution in [0.5, 0.6) is 5.75 Å². The van der Waals surface area contributed by atoms with Gasteiger partial charge in [-0.3, -0.25) is 0 Å². The van der Waals surface area contributed by atoms with E-state index < -0.39 is 0 Å². The van der Waals surface area contributed by atoms with Gasteiger partial charge in [0.2, 0.25) is 0 Å². The van der Waals surface area contributed by atoms with Crippen LogP contribution in [-0.4, -0.2) is 17.2 Å². The fraction of sp³-hybridized carbons (Fsp3) is 0.600. The topological polar surface area (TPSA) is 58.3 Å². The van der Waals surface area contributed by atoms with Crippen LogP contribution in [-0.2, 0) is 0 Å². The van der Waals surface area contributed by atoms with Crippen molar-refractivity contribution in [1.82, 2.24) is 5.32 Å². The van der Waals surface area contributed by atoms with Crippen molar-refractivity contribution in [2.75, 3.05) is 0 Å². The summed E-state index contributed by atoms with van der Waals surface area (Å²) in [5.41, 5.74) is 6.92. The molecule has 0 radical (unpaired) electrons. The van der Waals surface area contributed by atoms with E-state index in [1.807, 2.05) is 12.1 Å². The van der Waals surface area contributed by atoms with Gasteiger partial charge in [-0.05, 0) is 50.3 Å². The standard InChI is InChI=1S/C15H23BrN2O/c1-2-14(13-9-10(16)3-8-15(13)19)18-12-6-4-11(17)5-7-12/h3,8-9,11-12,14,18-19H,2,4-7,17H2,1H3. The van der Waals surface area contributed by atoms with Crippen molar-refractivity contribution in [3.05, 3.63) is 28.2 Å². The average molecular weight is 327 g/mol. The molecule has 0 aromatic heterocycles. The summed E-state index contributed by atoms with van der Waals surface area (Å²) in [6.07, 6.45) is 5.42. The summed E-state index contributed by atoms with van der Waals surface area (Å²) in [5.74, 6) is 0.370. The SMILES string of the molecule is CCC(NC1CCC(N)CC1)c1cc(Br)ccc1O. The van der Waals surface area contributed by atoms with Gasteiger partial charge >= 0.3 is 0 Å². The Morgan fingerprint density at radius 1 is 1.37 bits per heavy atom. The minimum atomic E-state index is 0.205. The molecule has 4 N–H and O–H groups in total. The summed E-state index contributed by atoms with van der Waals surface area (Å²) in [4.78, 5) is 0. The van der Waals surface area contributed by atoms with Crippen LogP contribution in [0.2, 0.25) is 0 Å². The highest BCUT2D eigenvalue weighted by molar-refractivity contribution is 9.10. The molecule has 1 saturated carbocycles. The first-order chi connectivity index (χ1) is 9.10. The number of nitrogens with one attached hydrogen (secondary N) is 1. The van der Waals surface area contributed by atoms with E-state index in [1.54, 1.807) is 6.07 Å². The molecule has 0 aliphatic heterocycles. The number of nitrogens with two attached hydrogens (primary N) is 1. The van der Waals surface area contributed by atoms with Crippen molar-refractivity contribution in [1.29, 1.82) is 0 Å². The van der Waals surface area contributed by atoms with Crippen LogP contribution < -0.4 is 11.1 Å². The largest absolute Gasteiger partial charge is 0.508 e. The molecule has 2 rings (SSSR count). The molecule has 0 amide bonds. The zero-order valence-corrected chi connectivity index (χ0v) is 13.0. The second-order valence-electron chi connectivity index (χ2n) is 5.44. The van der Waals surface area contributed by atoms with Gasteiger partial charge in [-0.15, -0.1) is 0 Å². The first-order valence-corrected chi connectivity index (χ1v) is 7.89. The van der Waals surface area contributed by atoms with E-state index in [0.717, 1.165) is 42.1 Å². The molecule has 1 aliphatic carbocycles. The van der Waals surface area contributed by atoms with Crippen molar-refractivity contribution in [2.24, 2.45) is 5.73 Å². The highest BCUT2D eigenvalue weighted by atomic mass is 79.9. The van der Waals surface area contributed by atoms with E-state index in [0.29, 0.717) is 17.8 Å². The Balaban J connectivity index is 2.05. The number of rotatable bonds is 4. The molecule has 1 aromatic carbocycles. The summed E-state index contributed by atoms with van der Waals surface area (Å²) in [6.45, 7) is 2.15. The van der Waals surface area contributed by atoms with Crippen LogP contribution >= 0.6 is 15.9 Å². The molecule has 0 bridgehead atoms. The number of phenols is 1. The molecule has 1 unspecified atom stereocenters. The number of hydrogen-bond acceptors (Lipinski definition) is 3. The number of halogens is 1. The summed E-state index contributed by atoms with van der Waals surface area (Å²) in [6, 6.07) is 6.72. The van der Waals surface area contributed by atoms with Crippen molar-refractivity contribution in [3.8, 4) is 5.75 Å². The molecular weight excluding hydrogens is 304 g/mol. The van der Waals surface area contributed by atoms with Crippen molar-refractivity contribution in [2.45, 2.75) is 57.2 Å². The number of benzene rings is 1. The Morgan fingerprint density at radius 2 is 2.05 bits per heavy atom. The first-order valence-electron chi connectivity index (χ1n) is 7.10. The van der Waals surface area contributed by atoms with Gasteiger partial charge in [0.1, 0.15) is 5.75 Å². The maximum absolute atomic E-state index is 10.0. The lowest BCUT2D eigenvalue weighted by Gasteiger charge is -2.31. The highest BCUT2D eigenvalue weighted by Gasteiger charge is 2.22. The fourth-order valence-electron chi connectivity index (χ4n) is 2.80. The monoisotopic (exact) mass is 326 g/mol. The van der Waals surface area contributed by atoms with Gasteiger partial charge in [0.15, 0.2) is 0 Å². The third kappa shape index (κ3) is 3.94. The van der Waals surface area contributed by atoms with Gasteiger partial charge in [-0.2, -0.15) is 0 Å². The molecular formula is C15H23BrN2O. The van der Waals surface area contributed by atoms with Crippen molar-refractivity contribution in [3.63, 3.8) is 0 Å². The molecule has 0 heterocycles. The van der Waals surface area contributed by atoms with Crippen molar-refractivity contribution >= 4 is 15.9 Å². The molecule has 3 nitrogen and oxygen atoms in total. The third-order valence-electron chi connectivity index (χ3n) is 3.98. The smallest absolute Gasteiger partial charge is 0.120 e. The molecule has 106 valence electrons. The van der Waals surface area contributed by atoms with Gasteiger partial charge in [-0.1, -0.05) is 22.9 Å². The average Bonchev–Trinajstić information content (AvgIpc) is 2.41. The molecule has 4 heteroatoms. The lowest BCUT2D eigenvalue weighted by atomic mass is 9.90. The van der Waals surface area contributed by atoms with E-state index in [4.69, 9.17) is 5.73 Å². The van der Waals surface area contributed by atoms with E-state index in [2.05, 4.69) is 28.2 Å². The maximum atomic E-state index is 10.0. The molecule has 1 aromatic rings. The molecule has 19 heavy (non-hydrogen) atoms. The number of phenolic OH excluding ortho intramolecular Hbond substituents is 1. The number of hydrogen-bond donors (Lipinski definition) is 3. The van der Waals surface area contributed by atoms with Crippen LogP contribution in [0.1, 0.15) is 50.6 Å². The Bertz CT molecular complexity index is 417. The predicted octanol–water partition coefficient (Wildman–Crippen LogP) is 3.47. The Kier molecular flexibility index (Phi) is 5.25. The van der Waals surface area contributed by atoms with Crippen LogP contribution in [0.15, 0.2) is 22.7 Å². The second kappa shape index (κ2) is 6.73. The van der Waals surface area contributed by atoms with Crippen LogP contribution in [0.25, 0.3) is 0 Å². The fourth-order valence-corrected chi connectivity index (χ4v) is 3.18. The summed E-state index contributed by atoms with van der Waals surface area (Å²) >= 11 is 3.47. The third-order valence-corrected chi connectivity index (χ3v) is 4.48. The molecule has 1 fully saturated rings. The highest BCUT2D eigenvalue weighted by Crippen LogP contribution is 2.31. The molecule has 0 saturated heterocycles. The quantitative estimate of drug-likeness (QED) is 0.794. The Hall–Kier alpha value is -0.580. The Morgan fingerprint density at radius 3 is 2.68 bits per heavy atom. The van der Waals surface area contributed by atoms with Crippen LogP contribution in [0.4, 0.5) is 0 Å². The molecule has 1 aliphatic rings. The molecule has 0 spiro atoms. The van der Waals surface area contributed by atoms with E-state index in [9.17, 15) is 5.11 Å². The van der Waals surface area contributed by atoms with E-state index >= 15 is 0 Å². The lowest BCUT2D eigenvalue weighted by molar-refractivity contribution is 0.309. The minimum Gasteiger partial charge on any atom is -0.508 e. The first kappa shape index (κ1) is 14.8. The minimum absolute atomic E-state index is 0.205. The summed E-state index contributed by atoms with van der Waals surface area (Å²) in [7, 11) is 0. The van der Waals surface area contributed by atoms with E-state index in [1.165, 1.54) is 0 Å². The van der Waals surface area contributed by atoms with Crippen molar-refractivity contribution < 1.29 is 5.11 Å². The summed E-state index contributed by atoms with van der Waals surface area (Å²) < 4.78 is 1.01. The zero-order valence-electron chi connectivity index (χ0n) is 11.4. The summed E-state index contributed by atoms with van der Waals surface area (Å²) in [5, 5.41) is 13.7. The van der Waals surface area contributed by atoms with Crippen LogP contribution in [0.3, 0.4) is 0 Å². The maximum Gasteiger partial charge on any atom is 0.120 e. The second-order valence-corrected chi connectivity index (χ2v) is 6.36. The Labute approximate surface area is 123 Å². The van der Waals surface area contributed by atoms with Gasteiger partial charge < -0.3 is 16.2 Å². The van der Waals surface area contributed by atoms with Gasteiger partial charge in [-0.25, -0.2) is 0 Å². The molecule has 1 atom stereocenters. The van der Waals surface area contributed by atoms with E-state index in [-0.39, 0.29) is 6.04 Å². The number of aromatic hydroxyl groups is 1. The van der Waals surface area contributed by atoms with Crippen LogP contribution in [0, 0.1) is 0 Å². The normalized spacial score (nSPS) is 25.2. The predicted molar refractivity (Wildman–Crippen MR) is 82.2 cm³/mol. The van der Waals surface area contributed by atoms with Gasteiger partial charge in [0.05, 0.1) is 0 Å². The van der Waals surface area contributed by atoms with Gasteiger partial charge in [0, 0.05) is 28.2 Å². The lowest BCUT2D eigenvalue weighted by Crippen LogP contribution is -2.39. The van der Waals surface area contributed by atoms with Gasteiger partial charge in [0.25, 0.3) is 0 Å².